The summed E-state index contributed by atoms with van der Waals surface area (Å²) in [5.41, 5.74) is 0.506. The molecule has 3 rings (SSSR count). The average molecular weight is 356 g/mol. The number of nitrogens with one attached hydrogen (secondary N) is 1. The molecule has 0 saturated heterocycles. The number of rotatable bonds is 4. The minimum absolute atomic E-state index is 0.140. The van der Waals surface area contributed by atoms with Crippen molar-refractivity contribution < 1.29 is 17.9 Å². The van der Waals surface area contributed by atoms with Gasteiger partial charge in [0.1, 0.15) is 11.4 Å². The van der Waals surface area contributed by atoms with E-state index in [9.17, 15) is 17.9 Å². The lowest BCUT2D eigenvalue weighted by Gasteiger charge is -2.24. The molecule has 0 radical (unpaired) electrons. The average Bonchev–Trinajstić information content (AvgIpc) is 2.87. The lowest BCUT2D eigenvalue weighted by Crippen LogP contribution is -2.39. The first-order chi connectivity index (χ1) is 10.8. The van der Waals surface area contributed by atoms with Gasteiger partial charge in [0.25, 0.3) is 0 Å². The van der Waals surface area contributed by atoms with Crippen molar-refractivity contribution in [2.45, 2.75) is 23.3 Å². The third-order valence-electron chi connectivity index (χ3n) is 4.08. The first-order valence-corrected chi connectivity index (χ1v) is 8.93. The second kappa shape index (κ2) is 5.87. The Morgan fingerprint density at radius 1 is 1.26 bits per heavy atom. The summed E-state index contributed by atoms with van der Waals surface area (Å²) in [6, 6.07) is 10.6. The Balaban J connectivity index is 1.81. The minimum Gasteiger partial charge on any atom is -0.384 e. The second-order valence-corrected chi connectivity index (χ2v) is 7.76. The number of hydrogen-bond acceptors (Lipinski definition) is 3. The van der Waals surface area contributed by atoms with Gasteiger partial charge in [-0.15, -0.1) is 0 Å². The van der Waals surface area contributed by atoms with Crippen LogP contribution in [0.1, 0.15) is 17.5 Å². The lowest BCUT2D eigenvalue weighted by molar-refractivity contribution is 0.0442. The van der Waals surface area contributed by atoms with Gasteiger partial charge in [-0.3, -0.25) is 0 Å². The van der Waals surface area contributed by atoms with Gasteiger partial charge in [-0.05, 0) is 42.2 Å². The number of benzene rings is 2. The van der Waals surface area contributed by atoms with Crippen LogP contribution in [0.5, 0.6) is 0 Å². The predicted octanol–water partition coefficient (Wildman–Crippen LogP) is 2.59. The molecule has 0 spiro atoms. The Bertz CT molecular complexity index is 856. The highest BCUT2D eigenvalue weighted by molar-refractivity contribution is 7.89. The summed E-state index contributed by atoms with van der Waals surface area (Å²) in [6.45, 7) is -0.151. The molecule has 1 aliphatic carbocycles. The molecule has 0 bridgehead atoms. The molecule has 0 unspecified atom stereocenters. The molecular formula is C16H15ClFNO3S. The minimum atomic E-state index is -3.89. The van der Waals surface area contributed by atoms with Crippen LogP contribution in [0.4, 0.5) is 4.39 Å². The maximum absolute atomic E-state index is 13.2. The molecule has 0 amide bonds. The summed E-state index contributed by atoms with van der Waals surface area (Å²) in [7, 11) is -3.89. The molecule has 7 heteroatoms. The van der Waals surface area contributed by atoms with Crippen LogP contribution in [0.15, 0.2) is 47.4 Å². The van der Waals surface area contributed by atoms with E-state index in [0.29, 0.717) is 12.8 Å². The standard InChI is InChI=1S/C16H15ClFNO3S/c17-14-9-12(5-6-15(14)18)23(21,22)19-10-16(20)8-7-11-3-1-2-4-13(11)16/h1-6,9,19-20H,7-8,10H2/t16-/m0/s1. The third kappa shape index (κ3) is 3.12. The van der Waals surface area contributed by atoms with Crippen molar-refractivity contribution in [3.05, 3.63) is 64.4 Å². The van der Waals surface area contributed by atoms with E-state index in [2.05, 4.69) is 4.72 Å². The molecule has 122 valence electrons. The summed E-state index contributed by atoms with van der Waals surface area (Å²) in [5, 5.41) is 10.5. The van der Waals surface area contributed by atoms with Gasteiger partial charge in [0.15, 0.2) is 0 Å². The fraction of sp³-hybridized carbons (Fsp3) is 0.250. The molecule has 0 aromatic heterocycles. The summed E-state index contributed by atoms with van der Waals surface area (Å²) in [4.78, 5) is -0.140. The Morgan fingerprint density at radius 2 is 2.00 bits per heavy atom. The molecule has 0 heterocycles. The van der Waals surface area contributed by atoms with Crippen molar-refractivity contribution in [2.75, 3.05) is 6.54 Å². The van der Waals surface area contributed by atoms with Gasteiger partial charge in [-0.1, -0.05) is 35.9 Å². The van der Waals surface area contributed by atoms with Crippen molar-refractivity contribution in [1.82, 2.24) is 4.72 Å². The Labute approximate surface area is 139 Å². The maximum Gasteiger partial charge on any atom is 0.240 e. The van der Waals surface area contributed by atoms with Crippen LogP contribution in [0, 0.1) is 5.82 Å². The van der Waals surface area contributed by atoms with Crippen molar-refractivity contribution in [3.8, 4) is 0 Å². The number of halogens is 2. The second-order valence-electron chi connectivity index (χ2n) is 5.59. The van der Waals surface area contributed by atoms with Crippen LogP contribution in [-0.4, -0.2) is 20.1 Å². The third-order valence-corrected chi connectivity index (χ3v) is 5.77. The van der Waals surface area contributed by atoms with Crippen LogP contribution in [0.2, 0.25) is 5.02 Å². The zero-order valence-corrected chi connectivity index (χ0v) is 13.7. The first-order valence-electron chi connectivity index (χ1n) is 7.07. The number of fused-ring (bicyclic) bond motifs is 1. The van der Waals surface area contributed by atoms with Crippen molar-refractivity contribution in [3.63, 3.8) is 0 Å². The van der Waals surface area contributed by atoms with Crippen molar-refractivity contribution >= 4 is 21.6 Å². The van der Waals surface area contributed by atoms with E-state index in [1.54, 1.807) is 6.07 Å². The highest BCUT2D eigenvalue weighted by Crippen LogP contribution is 2.36. The van der Waals surface area contributed by atoms with E-state index in [0.717, 1.165) is 29.3 Å². The van der Waals surface area contributed by atoms with Gasteiger partial charge in [-0.25, -0.2) is 17.5 Å². The normalized spacial score (nSPS) is 20.5. The van der Waals surface area contributed by atoms with E-state index in [1.807, 2.05) is 18.2 Å². The van der Waals surface area contributed by atoms with Crippen molar-refractivity contribution in [1.29, 1.82) is 0 Å². The quantitative estimate of drug-likeness (QED) is 0.886. The largest absolute Gasteiger partial charge is 0.384 e. The Morgan fingerprint density at radius 3 is 2.74 bits per heavy atom. The predicted molar refractivity (Wildman–Crippen MR) is 85.3 cm³/mol. The molecule has 2 N–H and O–H groups in total. The van der Waals surface area contributed by atoms with E-state index >= 15 is 0 Å². The van der Waals surface area contributed by atoms with E-state index in [4.69, 9.17) is 11.6 Å². The highest BCUT2D eigenvalue weighted by Gasteiger charge is 2.37. The van der Waals surface area contributed by atoms with Crippen molar-refractivity contribution in [2.24, 2.45) is 0 Å². The Hall–Kier alpha value is -1.47. The first kappa shape index (κ1) is 16.4. The van der Waals surface area contributed by atoms with Gasteiger partial charge >= 0.3 is 0 Å². The summed E-state index contributed by atoms with van der Waals surface area (Å²) >= 11 is 5.62. The van der Waals surface area contributed by atoms with Gasteiger partial charge in [0.05, 0.1) is 9.92 Å². The fourth-order valence-electron chi connectivity index (χ4n) is 2.79. The molecule has 2 aromatic rings. The van der Waals surface area contributed by atoms with Crippen LogP contribution in [0.3, 0.4) is 0 Å². The smallest absolute Gasteiger partial charge is 0.240 e. The van der Waals surface area contributed by atoms with Gasteiger partial charge in [-0.2, -0.15) is 0 Å². The zero-order valence-electron chi connectivity index (χ0n) is 12.1. The fourth-order valence-corrected chi connectivity index (χ4v) is 4.15. The van der Waals surface area contributed by atoms with Gasteiger partial charge in [0, 0.05) is 6.54 Å². The van der Waals surface area contributed by atoms with Crippen LogP contribution < -0.4 is 4.72 Å². The van der Waals surface area contributed by atoms with Crippen LogP contribution in [-0.2, 0) is 22.0 Å². The molecule has 0 aliphatic heterocycles. The van der Waals surface area contributed by atoms with Gasteiger partial charge < -0.3 is 5.11 Å². The zero-order chi connectivity index (χ0) is 16.7. The molecule has 2 aromatic carbocycles. The highest BCUT2D eigenvalue weighted by atomic mass is 35.5. The van der Waals surface area contributed by atoms with E-state index in [1.165, 1.54) is 0 Å². The molecule has 4 nitrogen and oxygen atoms in total. The number of hydrogen-bond donors (Lipinski definition) is 2. The molecule has 23 heavy (non-hydrogen) atoms. The molecule has 0 saturated carbocycles. The summed E-state index contributed by atoms with van der Waals surface area (Å²) in [6.07, 6.45) is 1.13. The number of aryl methyl sites for hydroxylation is 1. The van der Waals surface area contributed by atoms with E-state index in [-0.39, 0.29) is 16.5 Å². The van der Waals surface area contributed by atoms with Crippen LogP contribution >= 0.6 is 11.6 Å². The number of sulfonamides is 1. The van der Waals surface area contributed by atoms with E-state index < -0.39 is 21.4 Å². The summed E-state index contributed by atoms with van der Waals surface area (Å²) in [5.74, 6) is -0.686. The Kier molecular flexibility index (Phi) is 4.18. The summed E-state index contributed by atoms with van der Waals surface area (Å²) < 4.78 is 40.2. The molecule has 1 atom stereocenters. The van der Waals surface area contributed by atoms with Gasteiger partial charge in [0.2, 0.25) is 10.0 Å². The maximum atomic E-state index is 13.2. The SMILES string of the molecule is O=S(=O)(NC[C@@]1(O)CCc2ccccc21)c1ccc(F)c(Cl)c1. The topological polar surface area (TPSA) is 66.4 Å². The number of aliphatic hydroxyl groups is 1. The lowest BCUT2D eigenvalue weighted by atomic mass is 9.96. The molecule has 0 fully saturated rings. The van der Waals surface area contributed by atoms with Crippen LogP contribution in [0.25, 0.3) is 0 Å². The monoisotopic (exact) mass is 355 g/mol. The molecular weight excluding hydrogens is 341 g/mol. The molecule has 1 aliphatic rings.